The van der Waals surface area contributed by atoms with E-state index in [0.29, 0.717) is 4.90 Å². The van der Waals surface area contributed by atoms with E-state index in [0.717, 1.165) is 0 Å². The Labute approximate surface area is 81.6 Å². The Kier molecular flexibility index (Phi) is 5.31. The summed E-state index contributed by atoms with van der Waals surface area (Å²) in [6.07, 6.45) is -4.42. The topological polar surface area (TPSA) is 40.5 Å². The smallest absolute Gasteiger partial charge is 0.395 e. The van der Waals surface area contributed by atoms with Crippen LogP contribution in [-0.4, -0.2) is 47.1 Å². The Balaban J connectivity index is 4.17. The standard InChI is InChI=1S/C6H9BrF3NO2/c7-3-5(13)11(1-2-12)4-6(8,9)10/h12H,1-4H2. The van der Waals surface area contributed by atoms with Crippen LogP contribution in [0.5, 0.6) is 0 Å². The fraction of sp³-hybridized carbons (Fsp3) is 0.833. The number of carbonyl (C=O) groups is 1. The minimum absolute atomic E-state index is 0.178. The number of aliphatic hydroxyl groups excluding tert-OH is 1. The van der Waals surface area contributed by atoms with Crippen LogP contribution in [0.2, 0.25) is 0 Å². The molecule has 13 heavy (non-hydrogen) atoms. The molecule has 0 heterocycles. The van der Waals surface area contributed by atoms with Gasteiger partial charge in [-0.05, 0) is 0 Å². The van der Waals surface area contributed by atoms with Crippen molar-refractivity contribution < 1.29 is 23.1 Å². The Morgan fingerprint density at radius 3 is 2.31 bits per heavy atom. The summed E-state index contributed by atoms with van der Waals surface area (Å²) in [5.74, 6) is -0.689. The minimum atomic E-state index is -4.42. The zero-order valence-electron chi connectivity index (χ0n) is 6.64. The molecule has 0 unspecified atom stereocenters. The van der Waals surface area contributed by atoms with E-state index in [-0.39, 0.29) is 11.9 Å². The average Bonchev–Trinajstić information content (AvgIpc) is 2.00. The zero-order valence-corrected chi connectivity index (χ0v) is 8.23. The molecule has 0 aromatic carbocycles. The quantitative estimate of drug-likeness (QED) is 0.762. The van der Waals surface area contributed by atoms with E-state index >= 15 is 0 Å². The van der Waals surface area contributed by atoms with E-state index in [4.69, 9.17) is 5.11 Å². The molecule has 0 saturated carbocycles. The second-order valence-electron chi connectivity index (χ2n) is 2.29. The molecule has 0 radical (unpaired) electrons. The van der Waals surface area contributed by atoms with Crippen molar-refractivity contribution in [3.63, 3.8) is 0 Å². The van der Waals surface area contributed by atoms with E-state index < -0.39 is 25.2 Å². The Hall–Kier alpha value is -0.300. The number of alkyl halides is 4. The molecule has 1 N–H and O–H groups in total. The molecule has 0 aliphatic carbocycles. The van der Waals surface area contributed by atoms with Crippen LogP contribution >= 0.6 is 15.9 Å². The Bertz CT molecular complexity index is 174. The highest BCUT2D eigenvalue weighted by molar-refractivity contribution is 9.09. The third-order valence-corrected chi connectivity index (χ3v) is 1.69. The lowest BCUT2D eigenvalue weighted by Crippen LogP contribution is -2.41. The van der Waals surface area contributed by atoms with Crippen LogP contribution in [0.25, 0.3) is 0 Å². The second-order valence-corrected chi connectivity index (χ2v) is 2.85. The summed E-state index contributed by atoms with van der Waals surface area (Å²) in [4.78, 5) is 11.4. The molecule has 7 heteroatoms. The summed E-state index contributed by atoms with van der Waals surface area (Å²) in [5.41, 5.74) is 0. The van der Waals surface area contributed by atoms with Gasteiger partial charge in [-0.25, -0.2) is 0 Å². The van der Waals surface area contributed by atoms with Crippen LogP contribution in [-0.2, 0) is 4.79 Å². The first-order valence-corrected chi connectivity index (χ1v) is 4.54. The Morgan fingerprint density at radius 2 is 2.00 bits per heavy atom. The van der Waals surface area contributed by atoms with Crippen LogP contribution in [0.15, 0.2) is 0 Å². The molecule has 0 bridgehead atoms. The average molecular weight is 264 g/mol. The monoisotopic (exact) mass is 263 g/mol. The molecule has 0 spiro atoms. The second kappa shape index (κ2) is 5.43. The van der Waals surface area contributed by atoms with Gasteiger partial charge >= 0.3 is 6.18 Å². The van der Waals surface area contributed by atoms with Crippen molar-refractivity contribution in [1.29, 1.82) is 0 Å². The van der Waals surface area contributed by atoms with Crippen LogP contribution in [0, 0.1) is 0 Å². The largest absolute Gasteiger partial charge is 0.406 e. The third kappa shape index (κ3) is 5.87. The van der Waals surface area contributed by atoms with Gasteiger partial charge in [0.2, 0.25) is 5.91 Å². The molecule has 78 valence electrons. The summed E-state index contributed by atoms with van der Waals surface area (Å²) >= 11 is 2.75. The SMILES string of the molecule is O=C(CBr)N(CCO)CC(F)(F)F. The summed E-state index contributed by atoms with van der Waals surface area (Å²) in [6, 6.07) is 0. The van der Waals surface area contributed by atoms with Gasteiger partial charge in [0.1, 0.15) is 6.54 Å². The van der Waals surface area contributed by atoms with Crippen molar-refractivity contribution in [3.05, 3.63) is 0 Å². The first-order chi connectivity index (χ1) is 5.90. The molecular weight excluding hydrogens is 255 g/mol. The molecule has 3 nitrogen and oxygen atoms in total. The van der Waals surface area contributed by atoms with Crippen LogP contribution in [0.3, 0.4) is 0 Å². The maximum atomic E-state index is 11.8. The van der Waals surface area contributed by atoms with Crippen molar-refractivity contribution in [2.24, 2.45) is 0 Å². The van der Waals surface area contributed by atoms with E-state index in [2.05, 4.69) is 15.9 Å². The lowest BCUT2D eigenvalue weighted by molar-refractivity contribution is -0.160. The van der Waals surface area contributed by atoms with Gasteiger partial charge in [-0.15, -0.1) is 0 Å². The maximum absolute atomic E-state index is 11.8. The highest BCUT2D eigenvalue weighted by atomic mass is 79.9. The molecule has 0 aromatic heterocycles. The molecule has 0 fully saturated rings. The van der Waals surface area contributed by atoms with E-state index in [9.17, 15) is 18.0 Å². The van der Waals surface area contributed by atoms with Crippen molar-refractivity contribution >= 4 is 21.8 Å². The molecule has 0 atom stereocenters. The van der Waals surface area contributed by atoms with Gasteiger partial charge in [-0.1, -0.05) is 15.9 Å². The number of nitrogens with zero attached hydrogens (tertiary/aromatic N) is 1. The number of aliphatic hydroxyl groups is 1. The number of carbonyl (C=O) groups excluding carboxylic acids is 1. The highest BCUT2D eigenvalue weighted by Crippen LogP contribution is 2.16. The van der Waals surface area contributed by atoms with Crippen molar-refractivity contribution in [1.82, 2.24) is 4.90 Å². The Morgan fingerprint density at radius 1 is 1.46 bits per heavy atom. The highest BCUT2D eigenvalue weighted by Gasteiger charge is 2.32. The minimum Gasteiger partial charge on any atom is -0.395 e. The molecular formula is C6H9BrF3NO2. The van der Waals surface area contributed by atoms with Gasteiger partial charge in [-0.2, -0.15) is 13.2 Å². The first-order valence-electron chi connectivity index (χ1n) is 3.42. The van der Waals surface area contributed by atoms with Gasteiger partial charge in [0.25, 0.3) is 0 Å². The number of hydrogen-bond acceptors (Lipinski definition) is 2. The van der Waals surface area contributed by atoms with Crippen LogP contribution < -0.4 is 0 Å². The summed E-state index contributed by atoms with van der Waals surface area (Å²) in [7, 11) is 0. The summed E-state index contributed by atoms with van der Waals surface area (Å²) in [5, 5.41) is 8.22. The number of halogens is 4. The fourth-order valence-electron chi connectivity index (χ4n) is 0.714. The maximum Gasteiger partial charge on any atom is 0.406 e. The van der Waals surface area contributed by atoms with Gasteiger partial charge < -0.3 is 10.0 Å². The van der Waals surface area contributed by atoms with Gasteiger partial charge in [0.05, 0.1) is 11.9 Å². The summed E-state index contributed by atoms with van der Waals surface area (Å²) in [6.45, 7) is -2.10. The van der Waals surface area contributed by atoms with Crippen molar-refractivity contribution in [3.8, 4) is 0 Å². The molecule has 0 aliphatic rings. The van der Waals surface area contributed by atoms with E-state index in [1.165, 1.54) is 0 Å². The normalized spacial score (nSPS) is 11.5. The van der Waals surface area contributed by atoms with Crippen molar-refractivity contribution in [2.75, 3.05) is 25.0 Å². The number of rotatable bonds is 4. The number of hydrogen-bond donors (Lipinski definition) is 1. The van der Waals surface area contributed by atoms with Crippen LogP contribution in [0.4, 0.5) is 13.2 Å². The molecule has 0 saturated heterocycles. The molecule has 0 rings (SSSR count). The fourth-order valence-corrected chi connectivity index (χ4v) is 1.07. The predicted octanol–water partition coefficient (Wildman–Crippen LogP) is 0.765. The molecule has 0 aliphatic heterocycles. The first kappa shape index (κ1) is 12.7. The molecule has 1 amide bonds. The van der Waals surface area contributed by atoms with E-state index in [1.807, 2.05) is 0 Å². The van der Waals surface area contributed by atoms with E-state index in [1.54, 1.807) is 0 Å². The third-order valence-electron chi connectivity index (χ3n) is 1.21. The van der Waals surface area contributed by atoms with Crippen LogP contribution in [0.1, 0.15) is 0 Å². The lowest BCUT2D eigenvalue weighted by Gasteiger charge is -2.21. The number of amides is 1. The molecule has 0 aromatic rings. The zero-order chi connectivity index (χ0) is 10.5. The van der Waals surface area contributed by atoms with Gasteiger partial charge in [0.15, 0.2) is 0 Å². The van der Waals surface area contributed by atoms with Gasteiger partial charge in [-0.3, -0.25) is 4.79 Å². The van der Waals surface area contributed by atoms with Crippen molar-refractivity contribution in [2.45, 2.75) is 6.18 Å². The lowest BCUT2D eigenvalue weighted by atomic mass is 10.4. The predicted molar refractivity (Wildman–Crippen MR) is 43.5 cm³/mol. The van der Waals surface area contributed by atoms with Gasteiger partial charge in [0, 0.05) is 6.54 Å². The summed E-state index contributed by atoms with van der Waals surface area (Å²) < 4.78 is 35.5.